The fourth-order valence-electron chi connectivity index (χ4n) is 5.30. The molecule has 3 aromatic rings. The first-order valence-corrected chi connectivity index (χ1v) is 13.4. The zero-order valence-electron chi connectivity index (χ0n) is 21.1. The summed E-state index contributed by atoms with van der Waals surface area (Å²) >= 11 is 1.51. The molecule has 0 N–H and O–H groups in total. The van der Waals surface area contributed by atoms with E-state index < -0.39 is 0 Å². The normalized spacial score (nSPS) is 21.0. The summed E-state index contributed by atoms with van der Waals surface area (Å²) in [6, 6.07) is 24.0. The Morgan fingerprint density at radius 2 is 1.69 bits per heavy atom. The van der Waals surface area contributed by atoms with E-state index in [9.17, 15) is 9.59 Å². The van der Waals surface area contributed by atoms with E-state index in [4.69, 9.17) is 0 Å². The van der Waals surface area contributed by atoms with Crippen molar-refractivity contribution >= 4 is 35.3 Å². The van der Waals surface area contributed by atoms with Gasteiger partial charge in [-0.1, -0.05) is 79.7 Å². The minimum Gasteiger partial charge on any atom is -0.338 e. The molecule has 1 saturated heterocycles. The van der Waals surface area contributed by atoms with Crippen LogP contribution in [0.25, 0.3) is 6.08 Å². The van der Waals surface area contributed by atoms with Crippen LogP contribution in [0.3, 0.4) is 0 Å². The molecule has 5 heteroatoms. The Hall–Kier alpha value is -3.31. The molecule has 1 fully saturated rings. The van der Waals surface area contributed by atoms with Crippen molar-refractivity contribution in [2.75, 3.05) is 18.0 Å². The second-order valence-electron chi connectivity index (χ2n) is 10.2. The van der Waals surface area contributed by atoms with Gasteiger partial charge in [-0.25, -0.2) is 0 Å². The van der Waals surface area contributed by atoms with Crippen LogP contribution in [0.1, 0.15) is 47.3 Å². The molecule has 5 rings (SSSR count). The number of hydrogen-bond acceptors (Lipinski definition) is 3. The molecule has 2 atom stereocenters. The van der Waals surface area contributed by atoms with E-state index in [1.165, 1.54) is 23.7 Å². The van der Waals surface area contributed by atoms with Gasteiger partial charge in [0.2, 0.25) is 0 Å². The van der Waals surface area contributed by atoms with Crippen LogP contribution in [0.2, 0.25) is 0 Å². The maximum Gasteiger partial charge on any atom is 0.265 e. The average molecular weight is 497 g/mol. The summed E-state index contributed by atoms with van der Waals surface area (Å²) in [6.45, 7) is 8.65. The Morgan fingerprint density at radius 3 is 2.42 bits per heavy atom. The Morgan fingerprint density at radius 1 is 0.972 bits per heavy atom. The third-order valence-corrected chi connectivity index (χ3v) is 7.94. The second kappa shape index (κ2) is 10.4. The predicted octanol–water partition coefficient (Wildman–Crippen LogP) is 6.79. The SMILES string of the molecule is Cc1cccc(CN2C(=O)/C(=C\c3ccc(C(=O)N4C[C@H](C)C[C@H](C)C4)cc3)Sc3ccccc32)c1. The lowest BCUT2D eigenvalue weighted by atomic mass is 9.91. The van der Waals surface area contributed by atoms with Gasteiger partial charge in [0.1, 0.15) is 0 Å². The average Bonchev–Trinajstić information content (AvgIpc) is 2.86. The van der Waals surface area contributed by atoms with E-state index >= 15 is 0 Å². The van der Waals surface area contributed by atoms with Gasteiger partial charge in [-0.3, -0.25) is 9.59 Å². The Bertz CT molecular complexity index is 1300. The maximum absolute atomic E-state index is 13.6. The van der Waals surface area contributed by atoms with Crippen molar-refractivity contribution in [3.63, 3.8) is 0 Å². The lowest BCUT2D eigenvalue weighted by molar-refractivity contribution is -0.114. The van der Waals surface area contributed by atoms with Crippen LogP contribution in [0.4, 0.5) is 5.69 Å². The number of thioether (sulfide) groups is 1. The smallest absolute Gasteiger partial charge is 0.265 e. The summed E-state index contributed by atoms with van der Waals surface area (Å²) in [4.78, 5) is 32.3. The molecule has 4 nitrogen and oxygen atoms in total. The summed E-state index contributed by atoms with van der Waals surface area (Å²) in [6.07, 6.45) is 3.11. The maximum atomic E-state index is 13.6. The van der Waals surface area contributed by atoms with Crippen LogP contribution in [0, 0.1) is 18.8 Å². The molecule has 184 valence electrons. The van der Waals surface area contributed by atoms with Gasteiger partial charge in [0.25, 0.3) is 11.8 Å². The molecule has 0 bridgehead atoms. The van der Waals surface area contributed by atoms with Gasteiger partial charge in [-0.15, -0.1) is 0 Å². The van der Waals surface area contributed by atoms with Crippen molar-refractivity contribution in [3.05, 3.63) is 100.0 Å². The van der Waals surface area contributed by atoms with Gasteiger partial charge in [0.15, 0.2) is 0 Å². The molecule has 0 radical (unpaired) electrons. The number of aryl methyl sites for hydroxylation is 1. The highest BCUT2D eigenvalue weighted by atomic mass is 32.2. The van der Waals surface area contributed by atoms with Crippen LogP contribution in [0.15, 0.2) is 82.6 Å². The quantitative estimate of drug-likeness (QED) is 0.373. The Balaban J connectivity index is 1.38. The molecule has 0 aromatic heterocycles. The molecule has 2 amide bonds. The number of amides is 2. The summed E-state index contributed by atoms with van der Waals surface area (Å²) in [5.74, 6) is 1.15. The van der Waals surface area contributed by atoms with Crippen LogP contribution in [-0.2, 0) is 11.3 Å². The van der Waals surface area contributed by atoms with E-state index in [2.05, 4.69) is 45.0 Å². The summed E-state index contributed by atoms with van der Waals surface area (Å²) in [7, 11) is 0. The number of benzene rings is 3. The number of fused-ring (bicyclic) bond motifs is 1. The largest absolute Gasteiger partial charge is 0.338 e. The molecular weight excluding hydrogens is 464 g/mol. The lowest BCUT2D eigenvalue weighted by Gasteiger charge is -2.35. The highest BCUT2D eigenvalue weighted by molar-refractivity contribution is 8.04. The summed E-state index contributed by atoms with van der Waals surface area (Å²) in [5.41, 5.74) is 4.84. The Labute approximate surface area is 218 Å². The number of nitrogens with zero attached hydrogens (tertiary/aromatic N) is 2. The minimum absolute atomic E-state index is 0.00310. The van der Waals surface area contributed by atoms with Crippen LogP contribution in [-0.4, -0.2) is 29.8 Å². The molecule has 0 spiro atoms. The van der Waals surface area contributed by atoms with E-state index in [1.54, 1.807) is 0 Å². The zero-order valence-corrected chi connectivity index (χ0v) is 21.9. The molecule has 0 aliphatic carbocycles. The van der Waals surface area contributed by atoms with Crippen LogP contribution < -0.4 is 4.90 Å². The molecule has 3 aromatic carbocycles. The number of hydrogen-bond donors (Lipinski definition) is 0. The highest BCUT2D eigenvalue weighted by Gasteiger charge is 2.29. The van der Waals surface area contributed by atoms with Crippen molar-refractivity contribution in [3.8, 4) is 0 Å². The van der Waals surface area contributed by atoms with Crippen molar-refractivity contribution in [1.82, 2.24) is 4.90 Å². The van der Waals surface area contributed by atoms with Gasteiger partial charge in [-0.05, 0) is 66.6 Å². The topological polar surface area (TPSA) is 40.6 Å². The number of rotatable bonds is 4. The Kier molecular flexibility index (Phi) is 7.01. The third kappa shape index (κ3) is 5.26. The molecular formula is C31H32N2O2S. The number of carbonyl (C=O) groups is 2. The predicted molar refractivity (Wildman–Crippen MR) is 148 cm³/mol. The first-order chi connectivity index (χ1) is 17.4. The zero-order chi connectivity index (χ0) is 25.2. The van der Waals surface area contributed by atoms with Gasteiger partial charge < -0.3 is 9.80 Å². The van der Waals surface area contributed by atoms with Gasteiger partial charge in [-0.2, -0.15) is 0 Å². The molecule has 0 unspecified atom stereocenters. The number of anilines is 1. The second-order valence-corrected chi connectivity index (χ2v) is 11.3. The van der Waals surface area contributed by atoms with E-state index in [1.807, 2.05) is 64.4 Å². The van der Waals surface area contributed by atoms with Crippen LogP contribution in [0.5, 0.6) is 0 Å². The van der Waals surface area contributed by atoms with Crippen molar-refractivity contribution < 1.29 is 9.59 Å². The van der Waals surface area contributed by atoms with Crippen molar-refractivity contribution in [1.29, 1.82) is 0 Å². The molecule has 36 heavy (non-hydrogen) atoms. The number of likely N-dealkylation sites (tertiary alicyclic amines) is 1. The van der Waals surface area contributed by atoms with Crippen molar-refractivity contribution in [2.24, 2.45) is 11.8 Å². The fourth-order valence-corrected chi connectivity index (χ4v) is 6.36. The van der Waals surface area contributed by atoms with Gasteiger partial charge >= 0.3 is 0 Å². The highest BCUT2D eigenvalue weighted by Crippen LogP contribution is 2.42. The lowest BCUT2D eigenvalue weighted by Crippen LogP contribution is -2.42. The van der Waals surface area contributed by atoms with Gasteiger partial charge in [0.05, 0.1) is 17.1 Å². The van der Waals surface area contributed by atoms with E-state index in [0.717, 1.165) is 34.8 Å². The van der Waals surface area contributed by atoms with Crippen molar-refractivity contribution in [2.45, 2.75) is 38.6 Å². The summed E-state index contributed by atoms with van der Waals surface area (Å²) in [5, 5.41) is 0. The van der Waals surface area contributed by atoms with E-state index in [-0.39, 0.29) is 11.8 Å². The molecule has 2 aliphatic heterocycles. The minimum atomic E-state index is -0.00310. The number of carbonyl (C=O) groups excluding carboxylic acids is 2. The standard InChI is InChI=1S/C31H32N2O2S/c1-21-7-6-8-25(16-21)20-33-27-9-4-5-10-28(27)36-29(31(33)35)17-24-11-13-26(14-12-24)30(34)32-18-22(2)15-23(3)19-32/h4-14,16-17,22-23H,15,18-20H2,1-3H3/b29-17+/t22-,23+. The molecule has 2 aliphatic rings. The number of para-hydroxylation sites is 1. The first-order valence-electron chi connectivity index (χ1n) is 12.6. The first kappa shape index (κ1) is 24.4. The fraction of sp³-hybridized carbons (Fsp3) is 0.290. The monoisotopic (exact) mass is 496 g/mol. The summed E-state index contributed by atoms with van der Waals surface area (Å²) < 4.78 is 0. The third-order valence-electron chi connectivity index (χ3n) is 6.87. The molecule has 0 saturated carbocycles. The van der Waals surface area contributed by atoms with Crippen LogP contribution >= 0.6 is 11.8 Å². The molecule has 2 heterocycles. The van der Waals surface area contributed by atoms with E-state index in [0.29, 0.717) is 28.8 Å². The number of piperidine rings is 1. The van der Waals surface area contributed by atoms with Gasteiger partial charge in [0, 0.05) is 23.5 Å².